The lowest BCUT2D eigenvalue weighted by molar-refractivity contribution is -0.385. The molecule has 0 aliphatic rings. The van der Waals surface area contributed by atoms with E-state index in [-0.39, 0.29) is 16.2 Å². The van der Waals surface area contributed by atoms with Crippen molar-refractivity contribution in [1.82, 2.24) is 0 Å². The van der Waals surface area contributed by atoms with Crippen molar-refractivity contribution in [2.45, 2.75) is 11.8 Å². The standard InChI is InChI=1S/C16H11NO7S/c1-10-2-5-15(13(8-10)17(19)20)24-25(21,22)12-4-6-14-11(9-12)3-7-16(18)23-14/h2-9H,1H3. The first-order chi connectivity index (χ1) is 11.8. The van der Waals surface area contributed by atoms with Crippen molar-refractivity contribution < 1.29 is 21.9 Å². The molecule has 9 heteroatoms. The maximum Gasteiger partial charge on any atom is 0.339 e. The van der Waals surface area contributed by atoms with Gasteiger partial charge in [-0.25, -0.2) is 4.79 Å². The summed E-state index contributed by atoms with van der Waals surface area (Å²) in [4.78, 5) is 21.3. The maximum absolute atomic E-state index is 12.4. The topological polar surface area (TPSA) is 117 Å². The summed E-state index contributed by atoms with van der Waals surface area (Å²) in [7, 11) is -4.31. The zero-order valence-corrected chi connectivity index (χ0v) is 13.6. The number of nitro groups is 1. The average molecular weight is 361 g/mol. The zero-order valence-electron chi connectivity index (χ0n) is 12.8. The van der Waals surface area contributed by atoms with Gasteiger partial charge in [0.1, 0.15) is 10.5 Å². The van der Waals surface area contributed by atoms with Crippen molar-refractivity contribution in [1.29, 1.82) is 0 Å². The molecule has 0 unspecified atom stereocenters. The van der Waals surface area contributed by atoms with E-state index >= 15 is 0 Å². The van der Waals surface area contributed by atoms with Crippen molar-refractivity contribution in [3.8, 4) is 5.75 Å². The van der Waals surface area contributed by atoms with Crippen molar-refractivity contribution in [3.05, 3.63) is 74.6 Å². The fraction of sp³-hybridized carbons (Fsp3) is 0.0625. The Bertz CT molecular complexity index is 1150. The molecule has 25 heavy (non-hydrogen) atoms. The Morgan fingerprint density at radius 2 is 1.84 bits per heavy atom. The molecule has 2 aromatic carbocycles. The second-order valence-electron chi connectivity index (χ2n) is 5.22. The normalized spacial score (nSPS) is 11.4. The highest BCUT2D eigenvalue weighted by Crippen LogP contribution is 2.31. The van der Waals surface area contributed by atoms with Gasteiger partial charge in [-0.15, -0.1) is 0 Å². The van der Waals surface area contributed by atoms with E-state index in [4.69, 9.17) is 8.60 Å². The van der Waals surface area contributed by atoms with Gasteiger partial charge >= 0.3 is 21.4 Å². The van der Waals surface area contributed by atoms with Crippen molar-refractivity contribution in [2.75, 3.05) is 0 Å². The van der Waals surface area contributed by atoms with E-state index in [1.807, 2.05) is 0 Å². The van der Waals surface area contributed by atoms with Gasteiger partial charge in [0.2, 0.25) is 5.75 Å². The highest BCUT2D eigenvalue weighted by atomic mass is 32.2. The fourth-order valence-electron chi connectivity index (χ4n) is 2.21. The van der Waals surface area contributed by atoms with E-state index in [0.29, 0.717) is 10.9 Å². The summed E-state index contributed by atoms with van der Waals surface area (Å²) in [6.07, 6.45) is 0. The van der Waals surface area contributed by atoms with Gasteiger partial charge in [-0.05, 0) is 42.8 Å². The van der Waals surface area contributed by atoms with E-state index in [0.717, 1.165) is 6.07 Å². The molecule has 0 aliphatic carbocycles. The number of benzene rings is 2. The molecular formula is C16H11NO7S. The lowest BCUT2D eigenvalue weighted by Gasteiger charge is -2.08. The van der Waals surface area contributed by atoms with Crippen LogP contribution < -0.4 is 9.81 Å². The van der Waals surface area contributed by atoms with E-state index in [2.05, 4.69) is 0 Å². The monoisotopic (exact) mass is 361 g/mol. The first-order valence-corrected chi connectivity index (χ1v) is 8.40. The van der Waals surface area contributed by atoms with Crippen LogP contribution in [-0.4, -0.2) is 13.3 Å². The molecule has 0 saturated carbocycles. The zero-order chi connectivity index (χ0) is 18.2. The summed E-state index contributed by atoms with van der Waals surface area (Å²) in [5.74, 6) is -0.379. The molecule has 0 spiro atoms. The van der Waals surface area contributed by atoms with Crippen LogP contribution in [0, 0.1) is 17.0 Å². The van der Waals surface area contributed by atoms with Gasteiger partial charge in [-0.2, -0.15) is 8.42 Å². The molecule has 1 heterocycles. The van der Waals surface area contributed by atoms with Gasteiger partial charge < -0.3 is 8.60 Å². The Balaban J connectivity index is 2.04. The van der Waals surface area contributed by atoms with Crippen molar-refractivity contribution in [3.63, 3.8) is 0 Å². The third-order valence-electron chi connectivity index (χ3n) is 3.39. The summed E-state index contributed by atoms with van der Waals surface area (Å²) in [6.45, 7) is 1.64. The molecule has 0 radical (unpaired) electrons. The number of rotatable bonds is 4. The molecule has 0 atom stereocenters. The number of aryl methyl sites for hydroxylation is 1. The Labute approximate surface area is 141 Å². The summed E-state index contributed by atoms with van der Waals surface area (Å²) in [5, 5.41) is 11.5. The SMILES string of the molecule is Cc1ccc(OS(=O)(=O)c2ccc3oc(=O)ccc3c2)c([N+](=O)[O-])c1. The lowest BCUT2D eigenvalue weighted by Crippen LogP contribution is -2.11. The van der Waals surface area contributed by atoms with Crippen LogP contribution in [0.25, 0.3) is 11.0 Å². The van der Waals surface area contributed by atoms with Gasteiger partial charge in [0.15, 0.2) is 0 Å². The molecule has 0 fully saturated rings. The van der Waals surface area contributed by atoms with Gasteiger partial charge in [-0.3, -0.25) is 10.1 Å². The molecule has 0 aliphatic heterocycles. The van der Waals surface area contributed by atoms with Crippen LogP contribution in [-0.2, 0) is 10.1 Å². The minimum absolute atomic E-state index is 0.216. The Hall–Kier alpha value is -3.20. The van der Waals surface area contributed by atoms with Crippen molar-refractivity contribution >= 4 is 26.8 Å². The second-order valence-corrected chi connectivity index (χ2v) is 6.77. The molecule has 0 amide bonds. The molecule has 0 bridgehead atoms. The van der Waals surface area contributed by atoms with Crippen LogP contribution in [0.3, 0.4) is 0 Å². The predicted octanol–water partition coefficient (Wildman–Crippen LogP) is 2.78. The number of nitro benzene ring substituents is 1. The molecule has 0 N–H and O–H groups in total. The largest absolute Gasteiger partial charge is 0.423 e. The predicted molar refractivity (Wildman–Crippen MR) is 88.1 cm³/mol. The highest BCUT2D eigenvalue weighted by molar-refractivity contribution is 7.87. The lowest BCUT2D eigenvalue weighted by atomic mass is 10.2. The molecule has 128 valence electrons. The molecular weight excluding hydrogens is 350 g/mol. The van der Waals surface area contributed by atoms with Crippen LogP contribution in [0.2, 0.25) is 0 Å². The molecule has 0 saturated heterocycles. The summed E-state index contributed by atoms with van der Waals surface area (Å²) < 4.78 is 34.7. The smallest absolute Gasteiger partial charge is 0.339 e. The fourth-order valence-corrected chi connectivity index (χ4v) is 3.19. The van der Waals surface area contributed by atoms with Crippen LogP contribution >= 0.6 is 0 Å². The maximum atomic E-state index is 12.4. The Morgan fingerprint density at radius 1 is 1.08 bits per heavy atom. The number of hydrogen-bond donors (Lipinski definition) is 0. The van der Waals surface area contributed by atoms with Crippen LogP contribution in [0.5, 0.6) is 5.75 Å². The number of fused-ring (bicyclic) bond motifs is 1. The van der Waals surface area contributed by atoms with E-state index in [9.17, 15) is 23.3 Å². The minimum Gasteiger partial charge on any atom is -0.423 e. The minimum atomic E-state index is -4.31. The van der Waals surface area contributed by atoms with Gasteiger partial charge in [0, 0.05) is 17.5 Å². The summed E-state index contributed by atoms with van der Waals surface area (Å²) >= 11 is 0. The third-order valence-corrected chi connectivity index (χ3v) is 4.62. The summed E-state index contributed by atoms with van der Waals surface area (Å²) in [5.41, 5.74) is -0.199. The highest BCUT2D eigenvalue weighted by Gasteiger charge is 2.23. The molecule has 1 aromatic heterocycles. The molecule has 3 aromatic rings. The van der Waals surface area contributed by atoms with Gasteiger partial charge in [0.25, 0.3) is 0 Å². The van der Waals surface area contributed by atoms with E-state index < -0.39 is 26.4 Å². The first-order valence-electron chi connectivity index (χ1n) is 7.00. The van der Waals surface area contributed by atoms with Crippen LogP contribution in [0.1, 0.15) is 5.56 Å². The summed E-state index contributed by atoms with van der Waals surface area (Å²) in [6, 6.07) is 10.3. The van der Waals surface area contributed by atoms with E-state index in [1.165, 1.54) is 42.5 Å². The first kappa shape index (κ1) is 16.7. The second kappa shape index (κ2) is 6.02. The van der Waals surface area contributed by atoms with Gasteiger partial charge in [-0.1, -0.05) is 6.07 Å². The van der Waals surface area contributed by atoms with Crippen molar-refractivity contribution in [2.24, 2.45) is 0 Å². The average Bonchev–Trinajstić information content (AvgIpc) is 2.55. The quantitative estimate of drug-likeness (QED) is 0.303. The van der Waals surface area contributed by atoms with Crippen LogP contribution in [0.4, 0.5) is 5.69 Å². The third kappa shape index (κ3) is 3.36. The number of hydrogen-bond acceptors (Lipinski definition) is 7. The van der Waals surface area contributed by atoms with E-state index in [1.54, 1.807) is 6.92 Å². The Morgan fingerprint density at radius 3 is 2.56 bits per heavy atom. The van der Waals surface area contributed by atoms with Gasteiger partial charge in [0.05, 0.1) is 4.92 Å². The van der Waals surface area contributed by atoms with Crippen LogP contribution in [0.15, 0.2) is 62.6 Å². The number of nitrogens with zero attached hydrogens (tertiary/aromatic N) is 1. The molecule has 3 rings (SSSR count). The Kier molecular flexibility index (Phi) is 4.01. The molecule has 8 nitrogen and oxygen atoms in total.